The van der Waals surface area contributed by atoms with E-state index in [4.69, 9.17) is 0 Å². The van der Waals surface area contributed by atoms with Gasteiger partial charge in [-0.25, -0.2) is 4.98 Å². The van der Waals surface area contributed by atoms with Crippen molar-refractivity contribution in [3.63, 3.8) is 0 Å². The summed E-state index contributed by atoms with van der Waals surface area (Å²) in [5.74, 6) is -0.239. The highest BCUT2D eigenvalue weighted by Crippen LogP contribution is 2.26. The monoisotopic (exact) mass is 366 g/mol. The number of carbonyl (C=O) groups excluding carboxylic acids is 1. The summed E-state index contributed by atoms with van der Waals surface area (Å²) in [6, 6.07) is 7.85. The number of hydrogen-bond donors (Lipinski definition) is 1. The zero-order valence-corrected chi connectivity index (χ0v) is 13.1. The topological polar surface area (TPSA) is 67.8 Å². The average Bonchev–Trinajstić information content (AvgIpc) is 3.10. The summed E-state index contributed by atoms with van der Waals surface area (Å²) in [6.45, 7) is 0. The van der Waals surface area contributed by atoms with Gasteiger partial charge < -0.3 is 0 Å². The van der Waals surface area contributed by atoms with Crippen molar-refractivity contribution in [2.75, 3.05) is 5.32 Å². The van der Waals surface area contributed by atoms with Gasteiger partial charge in [0.15, 0.2) is 5.13 Å². The number of halogens is 1. The lowest BCUT2D eigenvalue weighted by atomic mass is 10.2. The van der Waals surface area contributed by atoms with Crippen molar-refractivity contribution in [3.8, 4) is 11.3 Å². The van der Waals surface area contributed by atoms with Gasteiger partial charge >= 0.3 is 0 Å². The van der Waals surface area contributed by atoms with Crippen molar-refractivity contribution in [2.24, 2.45) is 0 Å². The molecule has 3 aromatic rings. The van der Waals surface area contributed by atoms with Gasteiger partial charge in [-0.15, -0.1) is 16.4 Å². The molecule has 0 spiro atoms. The molecule has 0 unspecified atom stereocenters. The van der Waals surface area contributed by atoms with Gasteiger partial charge in [0, 0.05) is 15.4 Å². The third-order valence-corrected chi connectivity index (χ3v) is 4.40. The van der Waals surface area contributed by atoms with Crippen LogP contribution in [-0.2, 0) is 0 Å². The minimum absolute atomic E-state index is 0.239. The average molecular weight is 367 g/mol. The second-order valence-electron chi connectivity index (χ2n) is 3.78. The lowest BCUT2D eigenvalue weighted by molar-refractivity contribution is 0.103. The Morgan fingerprint density at radius 3 is 2.75 bits per heavy atom. The van der Waals surface area contributed by atoms with Crippen LogP contribution in [-0.4, -0.2) is 20.5 Å². The molecule has 0 fully saturated rings. The van der Waals surface area contributed by atoms with Crippen molar-refractivity contribution in [3.05, 3.63) is 45.2 Å². The van der Waals surface area contributed by atoms with Crippen LogP contribution in [0.25, 0.3) is 11.3 Å². The van der Waals surface area contributed by atoms with Gasteiger partial charge in [-0.3, -0.25) is 10.1 Å². The molecule has 8 heteroatoms. The summed E-state index contributed by atoms with van der Waals surface area (Å²) in [6.07, 6.45) is 1.43. The fraction of sp³-hybridized carbons (Fsp3) is 0. The largest absolute Gasteiger partial charge is 0.297 e. The van der Waals surface area contributed by atoms with E-state index in [9.17, 15) is 4.79 Å². The van der Waals surface area contributed by atoms with Gasteiger partial charge in [0.2, 0.25) is 0 Å². The van der Waals surface area contributed by atoms with Crippen LogP contribution < -0.4 is 5.32 Å². The van der Waals surface area contributed by atoms with Gasteiger partial charge in [0.25, 0.3) is 5.91 Å². The van der Waals surface area contributed by atoms with E-state index in [1.807, 2.05) is 29.6 Å². The Kier molecular flexibility index (Phi) is 3.86. The fourth-order valence-electron chi connectivity index (χ4n) is 1.51. The normalized spacial score (nSPS) is 10.4. The summed E-state index contributed by atoms with van der Waals surface area (Å²) in [5.41, 5.74) is 1.84. The summed E-state index contributed by atoms with van der Waals surface area (Å²) in [7, 11) is 0. The maximum Gasteiger partial charge on any atom is 0.270 e. The molecule has 0 radical (unpaired) electrons. The first-order valence-corrected chi connectivity index (χ1v) is 7.97. The van der Waals surface area contributed by atoms with Crippen molar-refractivity contribution < 1.29 is 4.79 Å². The van der Waals surface area contributed by atoms with Crippen molar-refractivity contribution in [2.45, 2.75) is 0 Å². The summed E-state index contributed by atoms with van der Waals surface area (Å²) in [5, 5.41) is 8.83. The number of benzene rings is 1. The van der Waals surface area contributed by atoms with Crippen LogP contribution >= 0.6 is 38.8 Å². The van der Waals surface area contributed by atoms with Crippen LogP contribution in [0.3, 0.4) is 0 Å². The first kappa shape index (κ1) is 13.3. The third-order valence-electron chi connectivity index (χ3n) is 2.45. The fourth-order valence-corrected chi connectivity index (χ4v) is 2.90. The van der Waals surface area contributed by atoms with Crippen molar-refractivity contribution in [1.29, 1.82) is 0 Å². The quantitative estimate of drug-likeness (QED) is 0.767. The first-order valence-electron chi connectivity index (χ1n) is 5.52. The second kappa shape index (κ2) is 5.78. The van der Waals surface area contributed by atoms with Gasteiger partial charge in [-0.05, 0) is 23.7 Å². The van der Waals surface area contributed by atoms with E-state index < -0.39 is 0 Å². The molecule has 20 heavy (non-hydrogen) atoms. The summed E-state index contributed by atoms with van der Waals surface area (Å²) >= 11 is 5.83. The van der Waals surface area contributed by atoms with Crippen LogP contribution in [0.4, 0.5) is 5.13 Å². The van der Waals surface area contributed by atoms with Crippen molar-refractivity contribution in [1.82, 2.24) is 14.6 Å². The summed E-state index contributed by atoms with van der Waals surface area (Å²) < 4.78 is 4.67. The van der Waals surface area contributed by atoms with Gasteiger partial charge in [-0.1, -0.05) is 32.6 Å². The van der Waals surface area contributed by atoms with E-state index in [-0.39, 0.29) is 5.91 Å². The molecule has 1 amide bonds. The molecule has 2 heterocycles. The number of carbonyl (C=O) groups is 1. The van der Waals surface area contributed by atoms with Crippen LogP contribution in [0.5, 0.6) is 0 Å². The first-order chi connectivity index (χ1) is 9.72. The summed E-state index contributed by atoms with van der Waals surface area (Å²) in [4.78, 5) is 16.7. The molecule has 0 aliphatic rings. The lowest BCUT2D eigenvalue weighted by Gasteiger charge is -1.98. The molecule has 1 aromatic carbocycles. The Labute approximate surface area is 131 Å². The Balaban J connectivity index is 1.77. The Bertz CT molecular complexity index is 724. The molecule has 0 atom stereocenters. The molecule has 2 aromatic heterocycles. The molecular formula is C12H7BrN4OS2. The van der Waals surface area contributed by atoms with E-state index in [1.165, 1.54) is 17.5 Å². The Hall–Kier alpha value is -1.64. The molecule has 0 aliphatic heterocycles. The van der Waals surface area contributed by atoms with Crippen molar-refractivity contribution >= 4 is 49.8 Å². The lowest BCUT2D eigenvalue weighted by Crippen LogP contribution is -2.09. The third kappa shape index (κ3) is 2.92. The molecule has 0 saturated carbocycles. The number of nitrogens with one attached hydrogen (secondary N) is 1. The minimum Gasteiger partial charge on any atom is -0.297 e. The number of rotatable bonds is 3. The van der Waals surface area contributed by atoms with Gasteiger partial charge in [0.05, 0.1) is 11.9 Å². The smallest absolute Gasteiger partial charge is 0.270 e. The van der Waals surface area contributed by atoms with Crippen LogP contribution in [0.2, 0.25) is 0 Å². The molecular weight excluding hydrogens is 360 g/mol. The highest BCUT2D eigenvalue weighted by Gasteiger charge is 2.11. The van der Waals surface area contributed by atoms with Crippen LogP contribution in [0.1, 0.15) is 9.67 Å². The number of hydrogen-bond acceptors (Lipinski definition) is 6. The molecule has 5 nitrogen and oxygen atoms in total. The maximum atomic E-state index is 11.8. The highest BCUT2D eigenvalue weighted by molar-refractivity contribution is 9.10. The number of aromatic nitrogens is 3. The van der Waals surface area contributed by atoms with E-state index in [0.717, 1.165) is 27.3 Å². The predicted octanol–water partition coefficient (Wildman–Crippen LogP) is 3.68. The Morgan fingerprint density at radius 2 is 2.05 bits per heavy atom. The zero-order valence-electron chi connectivity index (χ0n) is 9.91. The van der Waals surface area contributed by atoms with Crippen LogP contribution in [0.15, 0.2) is 40.3 Å². The van der Waals surface area contributed by atoms with E-state index in [0.29, 0.717) is 10.0 Å². The number of nitrogens with zero attached hydrogens (tertiary/aromatic N) is 3. The van der Waals surface area contributed by atoms with E-state index in [1.54, 1.807) is 0 Å². The second-order valence-corrected chi connectivity index (χ2v) is 6.34. The SMILES string of the molecule is O=C(Nc1nc(-c2ccc(Br)cc2)cs1)c1cnns1. The van der Waals surface area contributed by atoms with Gasteiger partial charge in [0.1, 0.15) is 4.88 Å². The standard InChI is InChI=1S/C12H7BrN4OS2/c13-8-3-1-7(2-4-8)9-6-19-12(15-9)16-11(18)10-5-14-17-20-10/h1-6H,(H,15,16,18). The number of amides is 1. The molecule has 0 saturated heterocycles. The van der Waals surface area contributed by atoms with Crippen LogP contribution in [0, 0.1) is 0 Å². The van der Waals surface area contributed by atoms with Gasteiger partial charge in [-0.2, -0.15) is 0 Å². The highest BCUT2D eigenvalue weighted by atomic mass is 79.9. The predicted molar refractivity (Wildman–Crippen MR) is 83.1 cm³/mol. The maximum absolute atomic E-state index is 11.8. The minimum atomic E-state index is -0.239. The number of anilines is 1. The zero-order chi connectivity index (χ0) is 13.9. The molecule has 100 valence electrons. The number of thiazole rings is 1. The molecule has 0 aliphatic carbocycles. The Morgan fingerprint density at radius 1 is 1.25 bits per heavy atom. The van der Waals surface area contributed by atoms with E-state index in [2.05, 4.69) is 35.8 Å². The van der Waals surface area contributed by atoms with E-state index >= 15 is 0 Å². The molecule has 3 rings (SSSR count). The molecule has 1 N–H and O–H groups in total. The molecule has 0 bridgehead atoms.